The maximum Gasteiger partial charge on any atom is 0.223 e. The highest BCUT2D eigenvalue weighted by Crippen LogP contribution is 2.14. The van der Waals surface area contributed by atoms with E-state index in [2.05, 4.69) is 10.3 Å². The molecule has 1 aliphatic rings. The molecule has 1 fully saturated rings. The summed E-state index contributed by atoms with van der Waals surface area (Å²) in [5.41, 5.74) is 1.08. The van der Waals surface area contributed by atoms with E-state index in [-0.39, 0.29) is 0 Å². The number of piperidine rings is 1. The minimum absolute atomic E-state index is 0.299. The first kappa shape index (κ1) is 15.3. The Kier molecular flexibility index (Phi) is 6.33. The van der Waals surface area contributed by atoms with Crippen LogP contribution in [-0.4, -0.2) is 47.7 Å². The van der Waals surface area contributed by atoms with Gasteiger partial charge in [-0.15, -0.1) is 0 Å². The number of thioether (sulfide) groups is 1. The fraction of sp³-hybridized carbons (Fsp3) is 0.600. The number of rotatable bonds is 6. The molecule has 0 atom stereocenters. The van der Waals surface area contributed by atoms with Gasteiger partial charge < -0.3 is 10.2 Å². The topological polar surface area (TPSA) is 45.2 Å². The van der Waals surface area contributed by atoms with Gasteiger partial charge >= 0.3 is 0 Å². The van der Waals surface area contributed by atoms with Gasteiger partial charge in [0, 0.05) is 43.3 Å². The second kappa shape index (κ2) is 8.27. The molecule has 0 unspecified atom stereocenters. The van der Waals surface area contributed by atoms with Crippen LogP contribution in [0.5, 0.6) is 0 Å². The lowest BCUT2D eigenvalue weighted by Crippen LogP contribution is -2.44. The fourth-order valence-electron chi connectivity index (χ4n) is 2.40. The van der Waals surface area contributed by atoms with Gasteiger partial charge in [0.15, 0.2) is 0 Å². The molecule has 2 rings (SSSR count). The molecule has 110 valence electrons. The van der Waals surface area contributed by atoms with Crippen molar-refractivity contribution in [1.29, 1.82) is 0 Å². The monoisotopic (exact) mass is 293 g/mol. The van der Waals surface area contributed by atoms with Crippen LogP contribution in [0.25, 0.3) is 0 Å². The zero-order chi connectivity index (χ0) is 14.2. The zero-order valence-corrected chi connectivity index (χ0v) is 12.9. The Balaban J connectivity index is 1.61. The molecule has 1 aromatic rings. The summed E-state index contributed by atoms with van der Waals surface area (Å²) in [5, 5.41) is 3.28. The largest absolute Gasteiger partial charge is 0.343 e. The van der Waals surface area contributed by atoms with Crippen molar-refractivity contribution in [1.82, 2.24) is 15.2 Å². The summed E-state index contributed by atoms with van der Waals surface area (Å²) in [7, 11) is 2.00. The maximum absolute atomic E-state index is 12.1. The molecule has 1 aromatic heterocycles. The van der Waals surface area contributed by atoms with Gasteiger partial charge in [-0.25, -0.2) is 0 Å². The Hall–Kier alpha value is -1.07. The standard InChI is InChI=1S/C15H23N3OS/c1-16-13-5-9-18(10-6-13)15(19)7-11-20-12-14-4-2-3-8-17-14/h2-4,8,13,16H,5-7,9-12H2,1H3. The number of carbonyl (C=O) groups excluding carboxylic acids is 1. The van der Waals surface area contributed by atoms with Crippen LogP contribution in [0.1, 0.15) is 25.0 Å². The summed E-state index contributed by atoms with van der Waals surface area (Å²) in [6.45, 7) is 1.80. The third kappa shape index (κ3) is 4.80. The minimum Gasteiger partial charge on any atom is -0.343 e. The van der Waals surface area contributed by atoms with Crippen molar-refractivity contribution in [2.75, 3.05) is 25.9 Å². The number of hydrogen-bond acceptors (Lipinski definition) is 4. The third-order valence-electron chi connectivity index (χ3n) is 3.69. The van der Waals surface area contributed by atoms with Gasteiger partial charge in [-0.05, 0) is 32.0 Å². The first-order valence-electron chi connectivity index (χ1n) is 7.22. The van der Waals surface area contributed by atoms with E-state index in [0.29, 0.717) is 18.4 Å². The SMILES string of the molecule is CNC1CCN(C(=O)CCSCc2ccccn2)CC1. The highest BCUT2D eigenvalue weighted by molar-refractivity contribution is 7.98. The molecule has 0 saturated carbocycles. The predicted octanol–water partition coefficient (Wildman–Crippen LogP) is 1.92. The van der Waals surface area contributed by atoms with E-state index >= 15 is 0 Å². The molecular formula is C15H23N3OS. The number of nitrogens with one attached hydrogen (secondary N) is 1. The van der Waals surface area contributed by atoms with Gasteiger partial charge in [-0.1, -0.05) is 6.07 Å². The normalized spacial score (nSPS) is 16.4. The lowest BCUT2D eigenvalue weighted by molar-refractivity contribution is -0.131. The lowest BCUT2D eigenvalue weighted by atomic mass is 10.1. The number of carbonyl (C=O) groups is 1. The number of aromatic nitrogens is 1. The second-order valence-corrected chi connectivity index (χ2v) is 6.17. The number of hydrogen-bond donors (Lipinski definition) is 1. The minimum atomic E-state index is 0.299. The molecule has 0 aromatic carbocycles. The van der Waals surface area contributed by atoms with Gasteiger partial charge in [0.1, 0.15) is 0 Å². The van der Waals surface area contributed by atoms with Crippen LogP contribution in [-0.2, 0) is 10.5 Å². The number of pyridine rings is 1. The van der Waals surface area contributed by atoms with Gasteiger partial charge in [0.2, 0.25) is 5.91 Å². The second-order valence-electron chi connectivity index (χ2n) is 5.07. The molecule has 1 saturated heterocycles. The first-order chi connectivity index (χ1) is 9.79. The van der Waals surface area contributed by atoms with Crippen molar-refractivity contribution in [3.8, 4) is 0 Å². The number of likely N-dealkylation sites (tertiary alicyclic amines) is 1. The average molecular weight is 293 g/mol. The van der Waals surface area contributed by atoms with Crippen molar-refractivity contribution in [2.24, 2.45) is 0 Å². The van der Waals surface area contributed by atoms with Crippen LogP contribution in [0, 0.1) is 0 Å². The van der Waals surface area contributed by atoms with Crippen LogP contribution in [0.4, 0.5) is 0 Å². The summed E-state index contributed by atoms with van der Waals surface area (Å²) < 4.78 is 0. The lowest BCUT2D eigenvalue weighted by Gasteiger charge is -2.31. The molecule has 1 aliphatic heterocycles. The van der Waals surface area contributed by atoms with E-state index < -0.39 is 0 Å². The number of amides is 1. The van der Waals surface area contributed by atoms with Crippen LogP contribution in [0.3, 0.4) is 0 Å². The van der Waals surface area contributed by atoms with E-state index in [1.165, 1.54) is 0 Å². The Labute approximate surface area is 125 Å². The Morgan fingerprint density at radius 3 is 2.90 bits per heavy atom. The van der Waals surface area contributed by atoms with E-state index in [1.807, 2.05) is 36.3 Å². The molecule has 4 nitrogen and oxygen atoms in total. The first-order valence-corrected chi connectivity index (χ1v) is 8.37. The fourth-order valence-corrected chi connectivity index (χ4v) is 3.24. The van der Waals surface area contributed by atoms with E-state index in [9.17, 15) is 4.79 Å². The predicted molar refractivity (Wildman–Crippen MR) is 83.7 cm³/mol. The summed E-state index contributed by atoms with van der Waals surface area (Å²) in [4.78, 5) is 18.4. The summed E-state index contributed by atoms with van der Waals surface area (Å²) in [6, 6.07) is 6.53. The van der Waals surface area contributed by atoms with Crippen LogP contribution >= 0.6 is 11.8 Å². The molecule has 5 heteroatoms. The zero-order valence-electron chi connectivity index (χ0n) is 12.0. The highest BCUT2D eigenvalue weighted by atomic mass is 32.2. The van der Waals surface area contributed by atoms with Crippen LogP contribution < -0.4 is 5.32 Å². The van der Waals surface area contributed by atoms with Crippen LogP contribution in [0.15, 0.2) is 24.4 Å². The van der Waals surface area contributed by atoms with E-state index in [4.69, 9.17) is 0 Å². The van der Waals surface area contributed by atoms with Crippen LogP contribution in [0.2, 0.25) is 0 Å². The van der Waals surface area contributed by atoms with Gasteiger partial charge in [0.05, 0.1) is 5.69 Å². The molecule has 20 heavy (non-hydrogen) atoms. The third-order valence-corrected chi connectivity index (χ3v) is 4.68. The Morgan fingerprint density at radius 1 is 1.45 bits per heavy atom. The molecule has 1 amide bonds. The molecule has 0 aliphatic carbocycles. The van der Waals surface area contributed by atoms with Gasteiger partial charge in [-0.3, -0.25) is 9.78 Å². The van der Waals surface area contributed by atoms with E-state index in [0.717, 1.165) is 43.1 Å². The maximum atomic E-state index is 12.1. The van der Waals surface area contributed by atoms with Crippen molar-refractivity contribution >= 4 is 17.7 Å². The van der Waals surface area contributed by atoms with Crippen molar-refractivity contribution in [3.63, 3.8) is 0 Å². The Bertz CT molecular complexity index is 405. The molecule has 1 N–H and O–H groups in total. The highest BCUT2D eigenvalue weighted by Gasteiger charge is 2.21. The summed E-state index contributed by atoms with van der Waals surface area (Å²) in [5.74, 6) is 2.06. The summed E-state index contributed by atoms with van der Waals surface area (Å²) in [6.07, 6.45) is 4.60. The van der Waals surface area contributed by atoms with Crippen molar-refractivity contribution in [3.05, 3.63) is 30.1 Å². The molecule has 2 heterocycles. The van der Waals surface area contributed by atoms with E-state index in [1.54, 1.807) is 11.8 Å². The smallest absolute Gasteiger partial charge is 0.223 e. The average Bonchev–Trinajstić information content (AvgIpc) is 2.52. The molecule has 0 radical (unpaired) electrons. The number of nitrogens with zero attached hydrogens (tertiary/aromatic N) is 2. The van der Waals surface area contributed by atoms with Gasteiger partial charge in [0.25, 0.3) is 0 Å². The van der Waals surface area contributed by atoms with Gasteiger partial charge in [-0.2, -0.15) is 11.8 Å². The van der Waals surface area contributed by atoms with Crippen molar-refractivity contribution < 1.29 is 4.79 Å². The molecule has 0 spiro atoms. The molecular weight excluding hydrogens is 270 g/mol. The Morgan fingerprint density at radius 2 is 2.25 bits per heavy atom. The molecule has 0 bridgehead atoms. The summed E-state index contributed by atoms with van der Waals surface area (Å²) >= 11 is 1.78. The van der Waals surface area contributed by atoms with Crippen molar-refractivity contribution in [2.45, 2.75) is 31.1 Å². The quantitative estimate of drug-likeness (QED) is 0.814.